The molecule has 0 aliphatic carbocycles. The van der Waals surface area contributed by atoms with Crippen molar-refractivity contribution in [2.75, 3.05) is 24.4 Å². The first-order valence-corrected chi connectivity index (χ1v) is 12.1. The number of para-hydroxylation sites is 2. The van der Waals surface area contributed by atoms with E-state index in [-0.39, 0.29) is 11.8 Å². The lowest BCUT2D eigenvalue weighted by Crippen LogP contribution is -2.50. The van der Waals surface area contributed by atoms with Gasteiger partial charge in [-0.2, -0.15) is 4.57 Å². The molecular formula is C28H26N3O3S+. The summed E-state index contributed by atoms with van der Waals surface area (Å²) in [5.41, 5.74) is 3.78. The molecule has 176 valence electrons. The second kappa shape index (κ2) is 9.27. The predicted molar refractivity (Wildman–Crippen MR) is 139 cm³/mol. The van der Waals surface area contributed by atoms with Crippen molar-refractivity contribution in [2.45, 2.75) is 13.0 Å². The fraction of sp³-hybridized carbons (Fsp3) is 0.143. The number of hydrogen-bond donors (Lipinski definition) is 2. The molecule has 6 nitrogen and oxygen atoms in total. The van der Waals surface area contributed by atoms with Gasteiger partial charge in [-0.15, -0.1) is 0 Å². The molecule has 2 heterocycles. The monoisotopic (exact) mass is 484 g/mol. The summed E-state index contributed by atoms with van der Waals surface area (Å²) in [6, 6.07) is 26.4. The molecule has 1 amide bonds. The van der Waals surface area contributed by atoms with E-state index in [9.17, 15) is 9.90 Å². The van der Waals surface area contributed by atoms with Crippen molar-refractivity contribution in [2.24, 2.45) is 0 Å². The lowest BCUT2D eigenvalue weighted by Gasteiger charge is -2.28. The van der Waals surface area contributed by atoms with Crippen LogP contribution in [-0.2, 0) is 4.79 Å². The number of methoxy groups -OCH3 is 1. The molecule has 1 unspecified atom stereocenters. The predicted octanol–water partition coefficient (Wildman–Crippen LogP) is 5.37. The molecule has 7 heteroatoms. The SMILES string of the molecule is COc1ccccc1NC(=O)C1=C(C)N(C)c2sc(-c3ccccc3)c(O)[n+]2C1c1ccccc1. The molecule has 35 heavy (non-hydrogen) atoms. The number of aromatic hydroxyl groups is 1. The molecule has 2 N–H and O–H groups in total. The Kier molecular flexibility index (Phi) is 6.01. The standard InChI is InChI=1S/C28H25N3O3S/c1-18-23(26(32)29-21-16-10-11-17-22(21)34-3)24(19-12-6-4-7-13-19)31-27(33)25(35-28(31)30(18)2)20-14-8-5-9-15-20/h4-17,24H,1-3H3,(H-,29,32,33)/p+1. The molecule has 0 fully saturated rings. The van der Waals surface area contributed by atoms with Crippen LogP contribution in [0.1, 0.15) is 18.5 Å². The van der Waals surface area contributed by atoms with Crippen LogP contribution in [0.2, 0.25) is 0 Å². The van der Waals surface area contributed by atoms with Crippen LogP contribution in [0.3, 0.4) is 0 Å². The van der Waals surface area contributed by atoms with Gasteiger partial charge in [-0.1, -0.05) is 72.8 Å². The first-order valence-electron chi connectivity index (χ1n) is 11.3. The Balaban J connectivity index is 1.67. The van der Waals surface area contributed by atoms with Gasteiger partial charge in [0.1, 0.15) is 21.9 Å². The summed E-state index contributed by atoms with van der Waals surface area (Å²) in [6.45, 7) is 1.94. The lowest BCUT2D eigenvalue weighted by atomic mass is 9.94. The third kappa shape index (κ3) is 3.94. The van der Waals surface area contributed by atoms with Gasteiger partial charge in [0.25, 0.3) is 5.91 Å². The Morgan fingerprint density at radius 1 is 1.00 bits per heavy atom. The molecule has 1 aromatic heterocycles. The third-order valence-corrected chi connectivity index (χ3v) is 7.57. The number of carbonyl (C=O) groups excluding carboxylic acids is 1. The Hall–Kier alpha value is -4.10. The number of nitrogens with one attached hydrogen (secondary N) is 1. The van der Waals surface area contributed by atoms with E-state index in [1.54, 1.807) is 7.11 Å². The van der Waals surface area contributed by atoms with Gasteiger partial charge in [-0.3, -0.25) is 4.79 Å². The van der Waals surface area contributed by atoms with Crippen molar-refractivity contribution < 1.29 is 19.2 Å². The number of aromatic nitrogens is 1. The first-order chi connectivity index (χ1) is 17.0. The number of nitrogens with zero attached hydrogens (tertiary/aromatic N) is 2. The number of allylic oxidation sites excluding steroid dienone is 1. The Bertz CT molecular complexity index is 1410. The van der Waals surface area contributed by atoms with Gasteiger partial charge in [0.15, 0.2) is 6.04 Å². The van der Waals surface area contributed by atoms with Crippen LogP contribution < -0.4 is 19.5 Å². The molecule has 5 rings (SSSR count). The van der Waals surface area contributed by atoms with Gasteiger partial charge >= 0.3 is 11.0 Å². The quantitative estimate of drug-likeness (QED) is 0.374. The molecule has 0 bridgehead atoms. The molecule has 0 radical (unpaired) electrons. The highest BCUT2D eigenvalue weighted by molar-refractivity contribution is 7.18. The average Bonchev–Trinajstić information content (AvgIpc) is 3.24. The van der Waals surface area contributed by atoms with Crippen molar-refractivity contribution in [3.63, 3.8) is 0 Å². The van der Waals surface area contributed by atoms with E-state index in [4.69, 9.17) is 4.74 Å². The van der Waals surface area contributed by atoms with Crippen molar-refractivity contribution in [1.82, 2.24) is 0 Å². The maximum Gasteiger partial charge on any atom is 0.345 e. The molecular weight excluding hydrogens is 458 g/mol. The summed E-state index contributed by atoms with van der Waals surface area (Å²) in [4.78, 5) is 16.6. The van der Waals surface area contributed by atoms with E-state index in [2.05, 4.69) is 5.32 Å². The molecule has 0 spiro atoms. The van der Waals surface area contributed by atoms with Crippen LogP contribution in [0.5, 0.6) is 11.6 Å². The number of anilines is 2. The van der Waals surface area contributed by atoms with Gasteiger partial charge < -0.3 is 15.2 Å². The molecule has 0 saturated carbocycles. The maximum absolute atomic E-state index is 13.8. The zero-order valence-corrected chi connectivity index (χ0v) is 20.5. The summed E-state index contributed by atoms with van der Waals surface area (Å²) in [7, 11) is 3.50. The van der Waals surface area contributed by atoms with E-state index < -0.39 is 6.04 Å². The molecule has 0 saturated heterocycles. The second-order valence-corrected chi connectivity index (χ2v) is 9.28. The summed E-state index contributed by atoms with van der Waals surface area (Å²) in [6.07, 6.45) is 0. The first kappa shape index (κ1) is 22.7. The van der Waals surface area contributed by atoms with E-state index in [0.717, 1.165) is 26.8 Å². The highest BCUT2D eigenvalue weighted by Gasteiger charge is 2.45. The number of fused-ring (bicyclic) bond motifs is 1. The minimum absolute atomic E-state index is 0.131. The highest BCUT2D eigenvalue weighted by Crippen LogP contribution is 2.44. The maximum atomic E-state index is 13.8. The van der Waals surface area contributed by atoms with Crippen LogP contribution in [0.25, 0.3) is 10.4 Å². The Morgan fingerprint density at radius 2 is 1.63 bits per heavy atom. The smallest absolute Gasteiger partial charge is 0.345 e. The van der Waals surface area contributed by atoms with Gasteiger partial charge in [-0.25, -0.2) is 4.90 Å². The molecule has 1 atom stereocenters. The molecule has 1 aliphatic heterocycles. The summed E-state index contributed by atoms with van der Waals surface area (Å²) >= 11 is 1.50. The number of thiazole rings is 1. The van der Waals surface area contributed by atoms with Crippen molar-refractivity contribution in [1.29, 1.82) is 0 Å². The molecule has 4 aromatic rings. The van der Waals surface area contributed by atoms with E-state index >= 15 is 0 Å². The van der Waals surface area contributed by atoms with Crippen molar-refractivity contribution in [3.05, 3.63) is 102 Å². The third-order valence-electron chi connectivity index (χ3n) is 6.29. The lowest BCUT2D eigenvalue weighted by molar-refractivity contribution is -0.695. The van der Waals surface area contributed by atoms with Crippen LogP contribution in [0.15, 0.2) is 96.2 Å². The number of amides is 1. The fourth-order valence-corrected chi connectivity index (χ4v) is 5.64. The number of benzene rings is 3. The Labute approximate surface area is 208 Å². The highest BCUT2D eigenvalue weighted by atomic mass is 32.1. The van der Waals surface area contributed by atoms with Crippen molar-refractivity contribution >= 4 is 28.1 Å². The van der Waals surface area contributed by atoms with Gasteiger partial charge in [-0.05, 0) is 36.0 Å². The number of ether oxygens (including phenoxy) is 1. The van der Waals surface area contributed by atoms with Crippen molar-refractivity contribution in [3.8, 4) is 22.1 Å². The number of rotatable bonds is 5. The average molecular weight is 485 g/mol. The van der Waals surface area contributed by atoms with E-state index in [1.165, 1.54) is 11.3 Å². The van der Waals surface area contributed by atoms with Crippen LogP contribution in [0, 0.1) is 0 Å². The molecule has 3 aromatic carbocycles. The van der Waals surface area contributed by atoms with Crippen LogP contribution in [-0.4, -0.2) is 25.2 Å². The largest absolute Gasteiger partial charge is 0.495 e. The fourth-order valence-electron chi connectivity index (χ4n) is 4.45. The van der Waals surface area contributed by atoms with Gasteiger partial charge in [0, 0.05) is 5.56 Å². The molecule has 1 aliphatic rings. The number of hydrogen-bond acceptors (Lipinski definition) is 5. The van der Waals surface area contributed by atoms with Crippen LogP contribution in [0.4, 0.5) is 10.8 Å². The van der Waals surface area contributed by atoms with Gasteiger partial charge in [0.05, 0.1) is 19.8 Å². The zero-order chi connectivity index (χ0) is 24.5. The minimum Gasteiger partial charge on any atom is -0.495 e. The normalized spacial score (nSPS) is 15.1. The summed E-state index contributed by atoms with van der Waals surface area (Å²) in [5, 5.41) is 15.4. The topological polar surface area (TPSA) is 65.7 Å². The second-order valence-electron chi connectivity index (χ2n) is 8.30. The summed E-state index contributed by atoms with van der Waals surface area (Å²) in [5.74, 6) is 0.460. The van der Waals surface area contributed by atoms with Gasteiger partial charge in [0.2, 0.25) is 0 Å². The Morgan fingerprint density at radius 3 is 2.31 bits per heavy atom. The summed E-state index contributed by atoms with van der Waals surface area (Å²) < 4.78 is 7.29. The van der Waals surface area contributed by atoms with E-state index in [0.29, 0.717) is 17.0 Å². The zero-order valence-electron chi connectivity index (χ0n) is 19.7. The van der Waals surface area contributed by atoms with E-state index in [1.807, 2.05) is 108 Å². The minimum atomic E-state index is -0.509. The number of carbonyl (C=O) groups is 1. The van der Waals surface area contributed by atoms with Crippen LogP contribution >= 0.6 is 11.3 Å².